The van der Waals surface area contributed by atoms with Crippen molar-refractivity contribution in [2.45, 2.75) is 20.0 Å². The monoisotopic (exact) mass is 524 g/mol. The molecule has 2 amide bonds. The molecule has 5 aromatic rings. The molecule has 2 heterocycles. The summed E-state index contributed by atoms with van der Waals surface area (Å²) in [6.45, 7) is 1.86. The summed E-state index contributed by atoms with van der Waals surface area (Å²) in [4.78, 5) is 14.6. The molecule has 0 aliphatic carbocycles. The summed E-state index contributed by atoms with van der Waals surface area (Å²) >= 11 is 6.27. The molecule has 0 atom stereocenters. The van der Waals surface area contributed by atoms with Crippen LogP contribution >= 0.6 is 11.6 Å². The number of halogens is 4. The highest BCUT2D eigenvalue weighted by atomic mass is 35.5. The van der Waals surface area contributed by atoms with Crippen LogP contribution < -0.4 is 5.32 Å². The minimum atomic E-state index is -1.23. The van der Waals surface area contributed by atoms with Gasteiger partial charge in [-0.25, -0.2) is 18.0 Å². The summed E-state index contributed by atoms with van der Waals surface area (Å²) in [6, 6.07) is 16.5. The molecule has 3 aromatic carbocycles. The predicted molar refractivity (Wildman–Crippen MR) is 135 cm³/mol. The van der Waals surface area contributed by atoms with Crippen molar-refractivity contribution in [3.05, 3.63) is 113 Å². The molecule has 37 heavy (non-hydrogen) atoms. The standard InChI is InChI=1S/C28H20ClF3N2O3/c1-16-4-6-17(7-5-16)26-21-11-18(29)8-9-24(21)37-25(26)15-34(14-20-3-2-10-36-20)28(35)33-27-22(31)12-19(30)13-23(27)32/h2-13H,14-15H2,1H3,(H,33,35). The molecule has 0 bridgehead atoms. The van der Waals surface area contributed by atoms with E-state index >= 15 is 0 Å². The molecular formula is C28H20ClF3N2O3. The highest BCUT2D eigenvalue weighted by molar-refractivity contribution is 6.31. The molecule has 0 aliphatic rings. The Morgan fingerprint density at radius 1 is 0.973 bits per heavy atom. The Bertz CT molecular complexity index is 1560. The SMILES string of the molecule is Cc1ccc(-c2c(CN(Cc3ccco3)C(=O)Nc3c(F)cc(F)cc3F)oc3ccc(Cl)cc23)cc1. The first-order chi connectivity index (χ1) is 17.8. The van der Waals surface area contributed by atoms with Crippen LogP contribution in [0.15, 0.2) is 81.8 Å². The van der Waals surface area contributed by atoms with E-state index in [4.69, 9.17) is 20.4 Å². The maximum absolute atomic E-state index is 14.3. The zero-order valence-electron chi connectivity index (χ0n) is 19.5. The molecule has 0 spiro atoms. The normalized spacial score (nSPS) is 11.2. The molecule has 0 saturated carbocycles. The molecule has 5 nitrogen and oxygen atoms in total. The lowest BCUT2D eigenvalue weighted by Gasteiger charge is -2.22. The number of urea groups is 1. The van der Waals surface area contributed by atoms with Gasteiger partial charge in [0.05, 0.1) is 19.4 Å². The Kier molecular flexibility index (Phi) is 6.67. The fourth-order valence-electron chi connectivity index (χ4n) is 4.08. The maximum atomic E-state index is 14.3. The Labute approximate surface area is 215 Å². The second-order valence-electron chi connectivity index (χ2n) is 8.52. The lowest BCUT2D eigenvalue weighted by Crippen LogP contribution is -2.34. The highest BCUT2D eigenvalue weighted by Gasteiger charge is 2.25. The van der Waals surface area contributed by atoms with Gasteiger partial charge >= 0.3 is 6.03 Å². The van der Waals surface area contributed by atoms with E-state index in [1.165, 1.54) is 11.2 Å². The average Bonchev–Trinajstić information content (AvgIpc) is 3.49. The topological polar surface area (TPSA) is 58.6 Å². The molecule has 0 aliphatic heterocycles. The quantitative estimate of drug-likeness (QED) is 0.243. The Hall–Kier alpha value is -4.17. The van der Waals surface area contributed by atoms with Gasteiger partial charge in [0.1, 0.15) is 28.6 Å². The van der Waals surface area contributed by atoms with Gasteiger partial charge in [-0.05, 0) is 42.8 Å². The number of carbonyl (C=O) groups excluding carboxylic acids is 1. The van der Waals surface area contributed by atoms with Gasteiger partial charge in [-0.1, -0.05) is 41.4 Å². The molecule has 0 fully saturated rings. The zero-order chi connectivity index (χ0) is 26.1. The van der Waals surface area contributed by atoms with Crippen molar-refractivity contribution in [3.8, 4) is 11.1 Å². The molecule has 0 radical (unpaired) electrons. The molecule has 188 valence electrons. The van der Waals surface area contributed by atoms with Crippen molar-refractivity contribution in [3.63, 3.8) is 0 Å². The lowest BCUT2D eigenvalue weighted by molar-refractivity contribution is 0.196. The van der Waals surface area contributed by atoms with Crippen LogP contribution in [-0.4, -0.2) is 10.9 Å². The number of hydrogen-bond acceptors (Lipinski definition) is 3. The van der Waals surface area contributed by atoms with Crippen molar-refractivity contribution in [1.82, 2.24) is 4.90 Å². The van der Waals surface area contributed by atoms with Crippen LogP contribution in [0.4, 0.5) is 23.7 Å². The first kappa shape index (κ1) is 24.5. The van der Waals surface area contributed by atoms with Gasteiger partial charge in [-0.3, -0.25) is 0 Å². The number of aryl methyl sites for hydroxylation is 1. The van der Waals surface area contributed by atoms with E-state index < -0.39 is 29.2 Å². The second kappa shape index (κ2) is 10.1. The number of carbonyl (C=O) groups is 1. The van der Waals surface area contributed by atoms with Crippen LogP contribution in [0.25, 0.3) is 22.1 Å². The summed E-state index contributed by atoms with van der Waals surface area (Å²) in [5.41, 5.74) is 2.44. The van der Waals surface area contributed by atoms with Crippen LogP contribution in [0.2, 0.25) is 5.02 Å². The Morgan fingerprint density at radius 2 is 1.70 bits per heavy atom. The number of hydrogen-bond donors (Lipinski definition) is 1. The summed E-state index contributed by atoms with van der Waals surface area (Å²) in [7, 11) is 0. The van der Waals surface area contributed by atoms with Crippen molar-refractivity contribution in [2.75, 3.05) is 5.32 Å². The molecule has 2 aromatic heterocycles. The lowest BCUT2D eigenvalue weighted by atomic mass is 10.0. The number of furan rings is 2. The maximum Gasteiger partial charge on any atom is 0.322 e. The minimum absolute atomic E-state index is 0.0333. The van der Waals surface area contributed by atoms with Crippen LogP contribution in [0.5, 0.6) is 0 Å². The van der Waals surface area contributed by atoms with Crippen LogP contribution in [0.3, 0.4) is 0 Å². The van der Waals surface area contributed by atoms with Crippen LogP contribution in [-0.2, 0) is 13.1 Å². The fourth-order valence-corrected chi connectivity index (χ4v) is 4.25. The number of anilines is 1. The van der Waals surface area contributed by atoms with E-state index in [1.54, 1.807) is 30.3 Å². The predicted octanol–water partition coefficient (Wildman–Crippen LogP) is 8.31. The number of amides is 2. The number of nitrogens with one attached hydrogen (secondary N) is 1. The van der Waals surface area contributed by atoms with Gasteiger partial charge < -0.3 is 19.1 Å². The molecular weight excluding hydrogens is 505 g/mol. The number of benzene rings is 3. The van der Waals surface area contributed by atoms with E-state index in [1.807, 2.05) is 31.2 Å². The van der Waals surface area contributed by atoms with Crippen molar-refractivity contribution in [2.24, 2.45) is 0 Å². The number of rotatable bonds is 6. The molecule has 0 unspecified atom stereocenters. The van der Waals surface area contributed by atoms with E-state index in [0.29, 0.717) is 34.3 Å². The zero-order valence-corrected chi connectivity index (χ0v) is 20.3. The Morgan fingerprint density at radius 3 is 2.38 bits per heavy atom. The van der Waals surface area contributed by atoms with Gasteiger partial charge in [-0.2, -0.15) is 0 Å². The van der Waals surface area contributed by atoms with Crippen LogP contribution in [0.1, 0.15) is 17.1 Å². The van der Waals surface area contributed by atoms with Crippen molar-refractivity contribution in [1.29, 1.82) is 0 Å². The third-order valence-electron chi connectivity index (χ3n) is 5.85. The molecule has 9 heteroatoms. The van der Waals surface area contributed by atoms with E-state index in [-0.39, 0.29) is 13.1 Å². The molecule has 1 N–H and O–H groups in total. The van der Waals surface area contributed by atoms with Gasteiger partial charge in [-0.15, -0.1) is 0 Å². The third-order valence-corrected chi connectivity index (χ3v) is 6.09. The summed E-state index contributed by atoms with van der Waals surface area (Å²) in [6.07, 6.45) is 1.45. The number of nitrogens with zero attached hydrogens (tertiary/aromatic N) is 1. The van der Waals surface area contributed by atoms with Gasteiger partial charge in [0.2, 0.25) is 0 Å². The second-order valence-corrected chi connectivity index (χ2v) is 8.95. The Balaban J connectivity index is 1.56. The minimum Gasteiger partial charge on any atom is -0.467 e. The first-order valence-electron chi connectivity index (χ1n) is 11.3. The van der Waals surface area contributed by atoms with E-state index in [2.05, 4.69) is 5.32 Å². The van der Waals surface area contributed by atoms with Gasteiger partial charge in [0.25, 0.3) is 0 Å². The molecule has 5 rings (SSSR count). The number of fused-ring (bicyclic) bond motifs is 1. The average molecular weight is 525 g/mol. The van der Waals surface area contributed by atoms with Gasteiger partial charge in [0.15, 0.2) is 11.6 Å². The summed E-state index contributed by atoms with van der Waals surface area (Å²) < 4.78 is 53.5. The highest BCUT2D eigenvalue weighted by Crippen LogP contribution is 2.37. The largest absolute Gasteiger partial charge is 0.467 e. The fraction of sp³-hybridized carbons (Fsp3) is 0.107. The molecule has 0 saturated heterocycles. The van der Waals surface area contributed by atoms with Gasteiger partial charge in [0, 0.05) is 28.1 Å². The summed E-state index contributed by atoms with van der Waals surface area (Å²) in [5.74, 6) is -2.69. The van der Waals surface area contributed by atoms with Crippen molar-refractivity contribution >= 4 is 34.3 Å². The van der Waals surface area contributed by atoms with E-state index in [0.717, 1.165) is 22.1 Å². The van der Waals surface area contributed by atoms with Crippen molar-refractivity contribution < 1.29 is 26.8 Å². The van der Waals surface area contributed by atoms with Crippen LogP contribution in [0, 0.1) is 24.4 Å². The summed E-state index contributed by atoms with van der Waals surface area (Å²) in [5, 5.41) is 3.48. The third kappa shape index (κ3) is 5.20. The smallest absolute Gasteiger partial charge is 0.322 e. The first-order valence-corrected chi connectivity index (χ1v) is 11.7. The van der Waals surface area contributed by atoms with E-state index in [9.17, 15) is 18.0 Å².